The second kappa shape index (κ2) is 11.7. The lowest BCUT2D eigenvalue weighted by Gasteiger charge is -2.36. The average Bonchev–Trinajstić information content (AvgIpc) is 3.23. The van der Waals surface area contributed by atoms with Gasteiger partial charge in [0, 0.05) is 63.5 Å². The van der Waals surface area contributed by atoms with Crippen molar-refractivity contribution in [2.75, 3.05) is 52.5 Å². The van der Waals surface area contributed by atoms with E-state index in [4.69, 9.17) is 14.6 Å². The summed E-state index contributed by atoms with van der Waals surface area (Å²) in [4.78, 5) is 40.6. The van der Waals surface area contributed by atoms with Crippen molar-refractivity contribution in [3.63, 3.8) is 0 Å². The number of rotatable bonds is 7. The van der Waals surface area contributed by atoms with E-state index in [9.17, 15) is 14.4 Å². The van der Waals surface area contributed by atoms with Gasteiger partial charge in [-0.1, -0.05) is 20.8 Å². The Morgan fingerprint density at radius 1 is 1.10 bits per heavy atom. The van der Waals surface area contributed by atoms with E-state index in [-0.39, 0.29) is 23.8 Å². The van der Waals surface area contributed by atoms with E-state index in [0.717, 1.165) is 43.7 Å². The number of nitrogens with zero attached hydrogens (tertiary/aromatic N) is 3. The minimum absolute atomic E-state index is 0.0245. The van der Waals surface area contributed by atoms with Crippen molar-refractivity contribution < 1.29 is 23.9 Å². The first kappa shape index (κ1) is 28.3. The number of piperazine rings is 1. The minimum atomic E-state index is -0.427. The number of esters is 1. The highest BCUT2D eigenvalue weighted by molar-refractivity contribution is 5.97. The molecule has 10 heteroatoms. The number of ether oxygens (including phenoxy) is 2. The molecule has 2 aromatic rings. The van der Waals surface area contributed by atoms with Crippen LogP contribution in [0.5, 0.6) is 0 Å². The monoisotopic (exact) mass is 551 g/mol. The lowest BCUT2D eigenvalue weighted by Crippen LogP contribution is -2.46. The van der Waals surface area contributed by atoms with Crippen LogP contribution in [0.25, 0.3) is 0 Å². The summed E-state index contributed by atoms with van der Waals surface area (Å²) in [5.41, 5.74) is 3.00. The zero-order valence-corrected chi connectivity index (χ0v) is 23.9. The molecule has 0 aliphatic carbocycles. The molecule has 2 N–H and O–H groups in total. The van der Waals surface area contributed by atoms with Crippen molar-refractivity contribution in [3.8, 4) is 0 Å². The summed E-state index contributed by atoms with van der Waals surface area (Å²) in [6, 6.07) is 6.68. The van der Waals surface area contributed by atoms with Crippen LogP contribution in [0, 0.1) is 10.8 Å². The Morgan fingerprint density at radius 3 is 2.45 bits per heavy atom. The zero-order chi connectivity index (χ0) is 28.3. The van der Waals surface area contributed by atoms with Crippen LogP contribution >= 0.6 is 0 Å². The SMILES string of the molecule is CCc1nn(CC(C)(C)COC(=O)c2ccc(C(=O)N3CCNCC3)cc2)c2c1C(=O)NCC1(CCOCC1)C2. The van der Waals surface area contributed by atoms with E-state index >= 15 is 0 Å². The van der Waals surface area contributed by atoms with Gasteiger partial charge >= 0.3 is 5.97 Å². The van der Waals surface area contributed by atoms with Gasteiger partial charge in [0.1, 0.15) is 0 Å². The Hall–Kier alpha value is -3.24. The van der Waals surface area contributed by atoms with Gasteiger partial charge in [-0.2, -0.15) is 5.10 Å². The molecule has 0 saturated carbocycles. The standard InChI is InChI=1S/C30H41N5O5/c1-4-23-25-24(17-30(18-32-26(25)36)9-15-39-16-10-30)35(33-23)19-29(2,3)20-40-28(38)22-7-5-21(6-8-22)27(37)34-13-11-31-12-14-34/h5-8,31H,4,9-20H2,1-3H3,(H,32,36). The molecule has 5 rings (SSSR count). The molecule has 10 nitrogen and oxygen atoms in total. The minimum Gasteiger partial charge on any atom is -0.461 e. The van der Waals surface area contributed by atoms with Crippen molar-refractivity contribution in [2.45, 2.75) is 53.0 Å². The van der Waals surface area contributed by atoms with Gasteiger partial charge in [0.2, 0.25) is 0 Å². The number of carbonyl (C=O) groups excluding carboxylic acids is 3. The van der Waals surface area contributed by atoms with Crippen LogP contribution in [-0.4, -0.2) is 85.0 Å². The first-order valence-electron chi connectivity index (χ1n) is 14.4. The number of hydrogen-bond acceptors (Lipinski definition) is 7. The van der Waals surface area contributed by atoms with Crippen molar-refractivity contribution >= 4 is 17.8 Å². The molecular formula is C30H41N5O5. The maximum absolute atomic E-state index is 13.1. The molecule has 0 bridgehead atoms. The quantitative estimate of drug-likeness (QED) is 0.508. The third-order valence-electron chi connectivity index (χ3n) is 8.36. The molecule has 3 aliphatic rings. The fourth-order valence-corrected chi connectivity index (χ4v) is 5.90. The van der Waals surface area contributed by atoms with Crippen LogP contribution in [0.15, 0.2) is 24.3 Å². The molecular weight excluding hydrogens is 510 g/mol. The summed E-state index contributed by atoms with van der Waals surface area (Å²) in [7, 11) is 0. The molecule has 3 aliphatic heterocycles. The lowest BCUT2D eigenvalue weighted by atomic mass is 9.76. The largest absolute Gasteiger partial charge is 0.461 e. The Balaban J connectivity index is 1.25. The van der Waals surface area contributed by atoms with Crippen molar-refractivity contribution in [2.24, 2.45) is 10.8 Å². The summed E-state index contributed by atoms with van der Waals surface area (Å²) in [5, 5.41) is 11.3. The highest BCUT2D eigenvalue weighted by Crippen LogP contribution is 2.38. The summed E-state index contributed by atoms with van der Waals surface area (Å²) in [6.45, 7) is 11.8. The normalized spacial score (nSPS) is 19.1. The number of benzene rings is 1. The molecule has 0 atom stereocenters. The summed E-state index contributed by atoms with van der Waals surface area (Å²) in [5.74, 6) is -0.503. The van der Waals surface area contributed by atoms with Crippen molar-refractivity contribution in [1.29, 1.82) is 0 Å². The summed E-state index contributed by atoms with van der Waals surface area (Å²) >= 11 is 0. The molecule has 2 saturated heterocycles. The van der Waals surface area contributed by atoms with E-state index in [1.54, 1.807) is 24.3 Å². The second-order valence-electron chi connectivity index (χ2n) is 12.1. The molecule has 40 heavy (non-hydrogen) atoms. The molecule has 2 fully saturated rings. The van der Waals surface area contributed by atoms with Gasteiger partial charge in [0.05, 0.1) is 29.1 Å². The summed E-state index contributed by atoms with van der Waals surface area (Å²) < 4.78 is 13.3. The van der Waals surface area contributed by atoms with Crippen LogP contribution in [0.1, 0.15) is 76.1 Å². The maximum atomic E-state index is 13.1. The number of fused-ring (bicyclic) bond motifs is 1. The third kappa shape index (κ3) is 6.07. The van der Waals surface area contributed by atoms with Gasteiger partial charge in [-0.25, -0.2) is 4.79 Å². The van der Waals surface area contributed by atoms with Crippen LogP contribution in [0.2, 0.25) is 0 Å². The molecule has 1 aromatic carbocycles. The van der Waals surface area contributed by atoms with Gasteiger partial charge in [-0.15, -0.1) is 0 Å². The molecule has 1 aromatic heterocycles. The fraction of sp³-hybridized carbons (Fsp3) is 0.600. The first-order chi connectivity index (χ1) is 19.2. The first-order valence-corrected chi connectivity index (χ1v) is 14.4. The van der Waals surface area contributed by atoms with Gasteiger partial charge in [-0.05, 0) is 55.4 Å². The highest BCUT2D eigenvalue weighted by Gasteiger charge is 2.40. The van der Waals surface area contributed by atoms with Gasteiger partial charge in [-0.3, -0.25) is 14.3 Å². The predicted molar refractivity (Wildman–Crippen MR) is 149 cm³/mol. The molecule has 0 unspecified atom stereocenters. The molecule has 4 heterocycles. The van der Waals surface area contributed by atoms with Crippen LogP contribution in [-0.2, 0) is 28.9 Å². The third-order valence-corrected chi connectivity index (χ3v) is 8.36. The predicted octanol–water partition coefficient (Wildman–Crippen LogP) is 2.46. The molecule has 216 valence electrons. The smallest absolute Gasteiger partial charge is 0.338 e. The van der Waals surface area contributed by atoms with E-state index in [2.05, 4.69) is 10.6 Å². The topological polar surface area (TPSA) is 115 Å². The second-order valence-corrected chi connectivity index (χ2v) is 12.1. The number of aromatic nitrogens is 2. The Morgan fingerprint density at radius 2 is 1.77 bits per heavy atom. The van der Waals surface area contributed by atoms with Gasteiger partial charge in [0.15, 0.2) is 0 Å². The van der Waals surface area contributed by atoms with E-state index in [1.165, 1.54) is 0 Å². The maximum Gasteiger partial charge on any atom is 0.338 e. The van der Waals surface area contributed by atoms with Crippen LogP contribution in [0.3, 0.4) is 0 Å². The molecule has 1 spiro atoms. The average molecular weight is 552 g/mol. The number of aryl methyl sites for hydroxylation is 1. The summed E-state index contributed by atoms with van der Waals surface area (Å²) in [6.07, 6.45) is 3.24. The lowest BCUT2D eigenvalue weighted by molar-refractivity contribution is 0.0145. The van der Waals surface area contributed by atoms with E-state index in [0.29, 0.717) is 62.5 Å². The Bertz CT molecular complexity index is 1240. The Kier molecular flexibility index (Phi) is 8.28. The number of amides is 2. The van der Waals surface area contributed by atoms with Crippen molar-refractivity contribution in [1.82, 2.24) is 25.3 Å². The number of hydrogen-bond donors (Lipinski definition) is 2. The van der Waals surface area contributed by atoms with Crippen LogP contribution in [0.4, 0.5) is 0 Å². The number of nitrogens with one attached hydrogen (secondary N) is 2. The number of carbonyl (C=O) groups is 3. The van der Waals surface area contributed by atoms with Crippen molar-refractivity contribution in [3.05, 3.63) is 52.3 Å². The Labute approximate surface area is 235 Å². The van der Waals surface area contributed by atoms with Gasteiger partial charge in [0.25, 0.3) is 11.8 Å². The van der Waals surface area contributed by atoms with Gasteiger partial charge < -0.3 is 25.0 Å². The zero-order valence-electron chi connectivity index (χ0n) is 23.9. The van der Waals surface area contributed by atoms with E-state index < -0.39 is 11.4 Å². The fourth-order valence-electron chi connectivity index (χ4n) is 5.90. The highest BCUT2D eigenvalue weighted by atomic mass is 16.5. The van der Waals surface area contributed by atoms with E-state index in [1.807, 2.05) is 30.4 Å². The molecule has 2 amide bonds. The molecule has 0 radical (unpaired) electrons. The van der Waals surface area contributed by atoms with Crippen LogP contribution < -0.4 is 10.6 Å².